The summed E-state index contributed by atoms with van der Waals surface area (Å²) in [7, 11) is 2.00. The molecule has 6 atom stereocenters. The van der Waals surface area contributed by atoms with Gasteiger partial charge in [0.2, 0.25) is 12.2 Å². The Bertz CT molecular complexity index is 1390. The summed E-state index contributed by atoms with van der Waals surface area (Å²) in [5, 5.41) is 14.4. The third-order valence-corrected chi connectivity index (χ3v) is 15.6. The lowest BCUT2D eigenvalue weighted by atomic mass is 9.81. The Hall–Kier alpha value is -4.06. The lowest BCUT2D eigenvalue weighted by Crippen LogP contribution is -2.44. The number of carbonyl (C=O) groups excluding carboxylic acids is 6. The lowest BCUT2D eigenvalue weighted by Gasteiger charge is -2.32. The number of nitrogens with zero attached hydrogens (tertiary/aromatic N) is 2. The molecule has 0 aromatic heterocycles. The summed E-state index contributed by atoms with van der Waals surface area (Å²) in [6, 6.07) is 0.344. The zero-order valence-corrected chi connectivity index (χ0v) is 38.4. The number of hydrogen-bond donors (Lipinski definition) is 5. The van der Waals surface area contributed by atoms with Gasteiger partial charge >= 0.3 is 33.1 Å². The molecule has 0 radical (unpaired) electrons. The number of aliphatic imine (C=N–C) groups is 2. The number of amides is 5. The van der Waals surface area contributed by atoms with E-state index in [0.717, 1.165) is 77.0 Å². The topological polar surface area (TPSA) is 243 Å². The first kappa shape index (κ1) is 52.3. The van der Waals surface area contributed by atoms with Crippen molar-refractivity contribution in [2.45, 2.75) is 103 Å². The van der Waals surface area contributed by atoms with E-state index in [1.807, 2.05) is 6.92 Å². The van der Waals surface area contributed by atoms with Gasteiger partial charge in [-0.15, -0.1) is 0 Å². The molecule has 3 saturated carbocycles. The summed E-state index contributed by atoms with van der Waals surface area (Å²) in [5.41, 5.74) is -1.03. The molecule has 5 N–H and O–H groups in total. The van der Waals surface area contributed by atoms with E-state index in [-0.39, 0.29) is 61.4 Å². The molecule has 3 aliphatic rings. The van der Waals surface area contributed by atoms with Crippen molar-refractivity contribution in [2.24, 2.45) is 50.9 Å². The molecule has 0 aliphatic heterocycles. The monoisotopic (exact) mass is 896 g/mol. The first-order chi connectivity index (χ1) is 30.0. The molecule has 0 bridgehead atoms. The summed E-state index contributed by atoms with van der Waals surface area (Å²) >= 11 is 0. The van der Waals surface area contributed by atoms with Crippen LogP contribution in [-0.4, -0.2) is 132 Å². The highest BCUT2D eigenvalue weighted by Gasteiger charge is 2.37. The summed E-state index contributed by atoms with van der Waals surface area (Å²) < 4.78 is 33.4. The lowest BCUT2D eigenvalue weighted by molar-refractivity contribution is -0.0181. The number of hydrogen-bond acceptors (Lipinski definition) is 14. The maximum absolute atomic E-state index is 13.1. The van der Waals surface area contributed by atoms with Crippen molar-refractivity contribution in [3.63, 3.8) is 0 Å². The van der Waals surface area contributed by atoms with Crippen LogP contribution in [0.4, 0.5) is 19.2 Å². The largest absolute Gasteiger partial charge is 0.500 e. The molecule has 3 fully saturated rings. The van der Waals surface area contributed by atoms with Crippen LogP contribution in [0.3, 0.4) is 0 Å². The minimum absolute atomic E-state index is 0.167. The van der Waals surface area contributed by atoms with Gasteiger partial charge in [-0.2, -0.15) is 0 Å². The van der Waals surface area contributed by atoms with E-state index in [4.69, 9.17) is 27.5 Å². The van der Waals surface area contributed by atoms with E-state index < -0.39 is 32.5 Å². The van der Waals surface area contributed by atoms with Crippen molar-refractivity contribution in [2.75, 3.05) is 87.0 Å². The van der Waals surface area contributed by atoms with Gasteiger partial charge in [-0.1, -0.05) is 26.2 Å². The van der Waals surface area contributed by atoms with Crippen molar-refractivity contribution in [3.05, 3.63) is 0 Å². The second-order valence-corrected chi connectivity index (χ2v) is 20.4. The van der Waals surface area contributed by atoms with E-state index in [1.54, 1.807) is 33.5 Å². The second kappa shape index (κ2) is 29.3. The van der Waals surface area contributed by atoms with Gasteiger partial charge in [0.05, 0.1) is 18.5 Å². The Labute approximate surface area is 368 Å². The fraction of sp³-hybridized carbons (Fsp3) is 0.857. The van der Waals surface area contributed by atoms with E-state index in [2.05, 4.69) is 36.6 Å². The smallest absolute Gasteiger partial charge is 0.449 e. The highest BCUT2D eigenvalue weighted by molar-refractivity contribution is 6.60. The number of alkyl carbamates (subject to hydrolysis) is 3. The van der Waals surface area contributed by atoms with Gasteiger partial charge < -0.3 is 54.1 Å². The average molecular weight is 896 g/mol. The third-order valence-electron chi connectivity index (χ3n) is 12.8. The van der Waals surface area contributed by atoms with Gasteiger partial charge in [0.15, 0.2) is 0 Å². The van der Waals surface area contributed by atoms with Crippen molar-refractivity contribution in [1.29, 1.82) is 0 Å². The van der Waals surface area contributed by atoms with E-state index in [9.17, 15) is 28.8 Å². The fourth-order valence-electron chi connectivity index (χ4n) is 8.90. The molecule has 0 saturated heterocycles. The van der Waals surface area contributed by atoms with E-state index in [1.165, 1.54) is 0 Å². The predicted molar refractivity (Wildman–Crippen MR) is 231 cm³/mol. The fourth-order valence-corrected chi connectivity index (χ4v) is 10.6. The quantitative estimate of drug-likeness (QED) is 0.0247. The molecule has 352 valence electrons. The number of nitrogens with one attached hydrogen (secondary N) is 5. The molecule has 0 spiro atoms. The molecule has 19 nitrogen and oxygen atoms in total. The predicted octanol–water partition coefficient (Wildman–Crippen LogP) is 5.22. The number of isocyanates is 2. The first-order valence-corrected chi connectivity index (χ1v) is 24.4. The standard InChI is InChI=1S/C42H73N7O12Si/c1-5-42(27-59-39(53)47-24-35-13-6-10-32(18-35)21-43-30-50,28-60-40(54)48-25-36-14-7-11-33(19-36)22-44-31-51)29-61-41(55)49-26-37-15-8-12-34(20-37)23-46-38(52)45-16-9-17-62(56-2,57-3)58-4/h32-37H,5-29H2,1-4H3,(H,47,53)(H,48,54)(H,49,55)(H2,45,46,52). The van der Waals surface area contributed by atoms with Gasteiger partial charge in [0.25, 0.3) is 0 Å². The summed E-state index contributed by atoms with van der Waals surface area (Å²) in [6.07, 6.45) is 13.5. The highest BCUT2D eigenvalue weighted by atomic mass is 28.4. The molecule has 3 rings (SSSR count). The van der Waals surface area contributed by atoms with Crippen LogP contribution >= 0.6 is 0 Å². The molecule has 62 heavy (non-hydrogen) atoms. The molecule has 5 amide bonds. The SMILES string of the molecule is CCC(COC(=O)NCC1CCCC(CN=C=O)C1)(COC(=O)NCC1CCCC(CN=C=O)C1)COC(=O)NCC1CCCC(CNC(=O)NCCC[Si](OC)(OC)OC)C1. The highest BCUT2D eigenvalue weighted by Crippen LogP contribution is 2.31. The molecule has 0 heterocycles. The van der Waals surface area contributed by atoms with Gasteiger partial charge in [0.1, 0.15) is 19.8 Å². The number of urea groups is 1. The molecule has 6 unspecified atom stereocenters. The Morgan fingerprint density at radius 1 is 0.581 bits per heavy atom. The van der Waals surface area contributed by atoms with Gasteiger partial charge in [-0.3, -0.25) is 0 Å². The maximum Gasteiger partial charge on any atom is 0.500 e. The van der Waals surface area contributed by atoms with Crippen molar-refractivity contribution < 1.29 is 56.3 Å². The number of ether oxygens (including phenoxy) is 3. The van der Waals surface area contributed by atoms with Gasteiger partial charge in [-0.05, 0) is 106 Å². The zero-order chi connectivity index (χ0) is 45.1. The van der Waals surface area contributed by atoms with E-state index >= 15 is 0 Å². The van der Waals surface area contributed by atoms with Crippen LogP contribution in [-0.2, 0) is 37.1 Å². The second-order valence-electron chi connectivity index (χ2n) is 17.3. The Balaban J connectivity index is 1.48. The van der Waals surface area contributed by atoms with Crippen LogP contribution in [0.15, 0.2) is 9.98 Å². The zero-order valence-electron chi connectivity index (χ0n) is 37.4. The van der Waals surface area contributed by atoms with Crippen LogP contribution in [0.2, 0.25) is 6.04 Å². The van der Waals surface area contributed by atoms with Crippen molar-refractivity contribution >= 4 is 45.3 Å². The molecule has 20 heteroatoms. The van der Waals surface area contributed by atoms with Gasteiger partial charge in [0, 0.05) is 60.1 Å². The minimum Gasteiger partial charge on any atom is -0.449 e. The Morgan fingerprint density at radius 2 is 0.952 bits per heavy atom. The molecular weight excluding hydrogens is 823 g/mol. The summed E-state index contributed by atoms with van der Waals surface area (Å²) in [5.74, 6) is 1.46. The van der Waals surface area contributed by atoms with Crippen LogP contribution in [0.1, 0.15) is 96.8 Å². The molecule has 0 aromatic carbocycles. The van der Waals surface area contributed by atoms with Crippen molar-refractivity contribution in [3.8, 4) is 0 Å². The average Bonchev–Trinajstić information content (AvgIpc) is 3.30. The van der Waals surface area contributed by atoms with Crippen LogP contribution < -0.4 is 26.6 Å². The number of rotatable bonds is 26. The van der Waals surface area contributed by atoms with Crippen LogP contribution in [0, 0.1) is 40.9 Å². The Morgan fingerprint density at radius 3 is 1.32 bits per heavy atom. The van der Waals surface area contributed by atoms with Crippen molar-refractivity contribution in [1.82, 2.24) is 26.6 Å². The summed E-state index contributed by atoms with van der Waals surface area (Å²) in [6.45, 7) is 4.42. The third kappa shape index (κ3) is 20.0. The first-order valence-electron chi connectivity index (χ1n) is 22.5. The molecule has 0 aromatic rings. The molecule has 3 aliphatic carbocycles. The Kier molecular flexibility index (Phi) is 24.7. The van der Waals surface area contributed by atoms with Crippen LogP contribution in [0.5, 0.6) is 0 Å². The molecular formula is C42H73N7O12Si. The maximum atomic E-state index is 13.1. The minimum atomic E-state index is -2.69. The van der Waals surface area contributed by atoms with Crippen LogP contribution in [0.25, 0.3) is 0 Å². The van der Waals surface area contributed by atoms with Gasteiger partial charge in [-0.25, -0.2) is 38.8 Å². The number of carbonyl (C=O) groups is 4. The normalized spacial score (nSPS) is 23.5. The van der Waals surface area contributed by atoms with E-state index in [0.29, 0.717) is 64.7 Å². The summed E-state index contributed by atoms with van der Waals surface area (Å²) in [4.78, 5) is 80.1.